The summed E-state index contributed by atoms with van der Waals surface area (Å²) in [7, 11) is -3.67. The summed E-state index contributed by atoms with van der Waals surface area (Å²) >= 11 is 5.78. The fraction of sp³-hybridized carbons (Fsp3) is 0.500. The summed E-state index contributed by atoms with van der Waals surface area (Å²) in [5, 5.41) is 9.09. The fourth-order valence-electron chi connectivity index (χ4n) is 2.56. The van der Waals surface area contributed by atoms with Gasteiger partial charge in [0.15, 0.2) is 0 Å². The largest absolute Gasteiger partial charge is 0.478 e. The highest BCUT2D eigenvalue weighted by Gasteiger charge is 2.30. The van der Waals surface area contributed by atoms with Gasteiger partial charge in [0.1, 0.15) is 0 Å². The minimum atomic E-state index is -3.67. The molecule has 1 N–H and O–H groups in total. The van der Waals surface area contributed by atoms with Crippen molar-refractivity contribution in [3.8, 4) is 0 Å². The summed E-state index contributed by atoms with van der Waals surface area (Å²) in [4.78, 5) is 11.1. The third-order valence-electron chi connectivity index (χ3n) is 3.87. The number of rotatable bonds is 4. The van der Waals surface area contributed by atoms with Crippen molar-refractivity contribution in [2.24, 2.45) is 5.92 Å². The fourth-order valence-corrected chi connectivity index (χ4v) is 4.34. The summed E-state index contributed by atoms with van der Waals surface area (Å²) in [6, 6.07) is 3.81. The lowest BCUT2D eigenvalue weighted by Gasteiger charge is -2.31. The topological polar surface area (TPSA) is 74.7 Å². The zero-order chi connectivity index (χ0) is 15.6. The number of carbonyl (C=O) groups is 1. The molecule has 1 unspecified atom stereocenters. The van der Waals surface area contributed by atoms with Gasteiger partial charge in [-0.05, 0) is 37.0 Å². The van der Waals surface area contributed by atoms with Crippen LogP contribution in [0.1, 0.15) is 36.5 Å². The van der Waals surface area contributed by atoms with Gasteiger partial charge in [-0.3, -0.25) is 0 Å². The normalized spacial score (nSPS) is 20.4. The van der Waals surface area contributed by atoms with Gasteiger partial charge in [-0.15, -0.1) is 0 Å². The Bertz CT molecular complexity index is 644. The summed E-state index contributed by atoms with van der Waals surface area (Å²) < 4.78 is 26.7. The van der Waals surface area contributed by atoms with E-state index >= 15 is 0 Å². The van der Waals surface area contributed by atoms with Gasteiger partial charge in [-0.2, -0.15) is 4.31 Å². The molecule has 2 rings (SSSR count). The Labute approximate surface area is 129 Å². The second kappa shape index (κ2) is 6.34. The number of carboxylic acid groups (broad SMARTS) is 1. The van der Waals surface area contributed by atoms with Crippen LogP contribution in [-0.2, 0) is 10.0 Å². The third-order valence-corrected chi connectivity index (χ3v) is 6.06. The molecule has 0 bridgehead atoms. The van der Waals surface area contributed by atoms with Crippen LogP contribution in [0.4, 0.5) is 0 Å². The summed E-state index contributed by atoms with van der Waals surface area (Å²) in [6.45, 7) is 3.01. The molecule has 1 aliphatic heterocycles. The Hall–Kier alpha value is -1.11. The number of hydrogen-bond acceptors (Lipinski definition) is 3. The monoisotopic (exact) mass is 331 g/mol. The molecule has 21 heavy (non-hydrogen) atoms. The maximum absolute atomic E-state index is 12.6. The maximum Gasteiger partial charge on any atom is 0.337 e. The second-order valence-electron chi connectivity index (χ2n) is 5.23. The first-order chi connectivity index (χ1) is 9.86. The highest BCUT2D eigenvalue weighted by atomic mass is 35.5. The van der Waals surface area contributed by atoms with Crippen molar-refractivity contribution in [2.75, 3.05) is 13.1 Å². The number of hydrogen-bond donors (Lipinski definition) is 1. The van der Waals surface area contributed by atoms with E-state index in [-0.39, 0.29) is 15.5 Å². The number of halogens is 1. The second-order valence-corrected chi connectivity index (χ2v) is 7.57. The molecule has 116 valence electrons. The van der Waals surface area contributed by atoms with Crippen LogP contribution in [0.2, 0.25) is 5.02 Å². The molecule has 5 nitrogen and oxygen atoms in total. The lowest BCUT2D eigenvalue weighted by Crippen LogP contribution is -2.39. The average molecular weight is 332 g/mol. The summed E-state index contributed by atoms with van der Waals surface area (Å²) in [6.07, 6.45) is 2.80. The third kappa shape index (κ3) is 3.39. The molecule has 0 aliphatic carbocycles. The van der Waals surface area contributed by atoms with Gasteiger partial charge in [0, 0.05) is 13.1 Å². The van der Waals surface area contributed by atoms with E-state index in [9.17, 15) is 13.2 Å². The molecule has 0 spiro atoms. The van der Waals surface area contributed by atoms with Crippen LogP contribution >= 0.6 is 11.6 Å². The first kappa shape index (κ1) is 16.3. The lowest BCUT2D eigenvalue weighted by molar-refractivity contribution is 0.0697. The number of nitrogens with zero attached hydrogens (tertiary/aromatic N) is 1. The number of carboxylic acids is 1. The van der Waals surface area contributed by atoms with Crippen molar-refractivity contribution in [1.82, 2.24) is 4.31 Å². The Kier molecular flexibility index (Phi) is 4.91. The summed E-state index contributed by atoms with van der Waals surface area (Å²) in [5.41, 5.74) is -0.193. The number of aromatic carboxylic acids is 1. The van der Waals surface area contributed by atoms with Gasteiger partial charge >= 0.3 is 5.97 Å². The quantitative estimate of drug-likeness (QED) is 0.920. The van der Waals surface area contributed by atoms with Crippen LogP contribution < -0.4 is 0 Å². The Morgan fingerprint density at radius 1 is 1.48 bits per heavy atom. The van der Waals surface area contributed by atoms with Crippen LogP contribution in [0.5, 0.6) is 0 Å². The van der Waals surface area contributed by atoms with E-state index in [2.05, 4.69) is 0 Å². The van der Waals surface area contributed by atoms with E-state index < -0.39 is 16.0 Å². The number of benzene rings is 1. The van der Waals surface area contributed by atoms with Gasteiger partial charge in [0.2, 0.25) is 10.0 Å². The Morgan fingerprint density at radius 2 is 2.19 bits per heavy atom. The molecule has 1 aliphatic rings. The van der Waals surface area contributed by atoms with Crippen molar-refractivity contribution in [1.29, 1.82) is 0 Å². The minimum absolute atomic E-state index is 0.0129. The summed E-state index contributed by atoms with van der Waals surface area (Å²) in [5.74, 6) is -0.873. The van der Waals surface area contributed by atoms with Gasteiger partial charge in [0.25, 0.3) is 0 Å². The van der Waals surface area contributed by atoms with E-state index in [1.54, 1.807) is 0 Å². The maximum atomic E-state index is 12.6. The van der Waals surface area contributed by atoms with Crippen LogP contribution in [0, 0.1) is 5.92 Å². The van der Waals surface area contributed by atoms with E-state index in [0.717, 1.165) is 25.3 Å². The van der Waals surface area contributed by atoms with Gasteiger partial charge in [0.05, 0.1) is 15.5 Å². The molecule has 1 aromatic rings. The van der Waals surface area contributed by atoms with E-state index in [0.29, 0.717) is 19.0 Å². The van der Waals surface area contributed by atoms with Crippen molar-refractivity contribution in [3.05, 3.63) is 28.8 Å². The molecule has 0 radical (unpaired) electrons. The van der Waals surface area contributed by atoms with Crippen molar-refractivity contribution in [2.45, 2.75) is 31.1 Å². The molecule has 1 saturated heterocycles. The highest BCUT2D eigenvalue weighted by Crippen LogP contribution is 2.27. The zero-order valence-electron chi connectivity index (χ0n) is 11.8. The standard InChI is InChI=1S/C14H18ClNO4S/c1-2-10-4-3-7-16(9-10)21(19,20)11-5-6-13(15)12(8-11)14(17)18/h5-6,8,10H,2-4,7,9H2,1H3,(H,17,18). The minimum Gasteiger partial charge on any atom is -0.478 e. The zero-order valence-corrected chi connectivity index (χ0v) is 13.3. The Balaban J connectivity index is 2.35. The van der Waals surface area contributed by atoms with Crippen LogP contribution in [0.3, 0.4) is 0 Å². The average Bonchev–Trinajstić information content (AvgIpc) is 2.47. The van der Waals surface area contributed by atoms with Gasteiger partial charge in [-0.25, -0.2) is 13.2 Å². The molecule has 0 amide bonds. The predicted octanol–water partition coefficient (Wildman–Crippen LogP) is 2.85. The number of sulfonamides is 1. The van der Waals surface area contributed by atoms with Crippen LogP contribution in [0.25, 0.3) is 0 Å². The van der Waals surface area contributed by atoms with Crippen molar-refractivity contribution < 1.29 is 18.3 Å². The van der Waals surface area contributed by atoms with Crippen LogP contribution in [0.15, 0.2) is 23.1 Å². The van der Waals surface area contributed by atoms with Crippen LogP contribution in [-0.4, -0.2) is 36.9 Å². The SMILES string of the molecule is CCC1CCCN(S(=O)(=O)c2ccc(Cl)c(C(=O)O)c2)C1. The highest BCUT2D eigenvalue weighted by molar-refractivity contribution is 7.89. The first-order valence-electron chi connectivity index (χ1n) is 6.89. The van der Waals surface area contributed by atoms with E-state index in [1.807, 2.05) is 6.92 Å². The molecular formula is C14H18ClNO4S. The van der Waals surface area contributed by atoms with E-state index in [1.165, 1.54) is 16.4 Å². The number of piperidine rings is 1. The predicted molar refractivity (Wildman–Crippen MR) is 80.2 cm³/mol. The van der Waals surface area contributed by atoms with Gasteiger partial charge < -0.3 is 5.11 Å². The molecule has 7 heteroatoms. The molecule has 1 aromatic carbocycles. The molecule has 1 heterocycles. The molecule has 0 saturated carbocycles. The lowest BCUT2D eigenvalue weighted by atomic mass is 9.97. The Morgan fingerprint density at radius 3 is 2.81 bits per heavy atom. The van der Waals surface area contributed by atoms with Crippen molar-refractivity contribution in [3.63, 3.8) is 0 Å². The molecule has 0 aromatic heterocycles. The molecule has 1 atom stereocenters. The molecule has 1 fully saturated rings. The van der Waals surface area contributed by atoms with Gasteiger partial charge in [-0.1, -0.05) is 24.9 Å². The smallest absolute Gasteiger partial charge is 0.337 e. The first-order valence-corrected chi connectivity index (χ1v) is 8.71. The molecular weight excluding hydrogens is 314 g/mol. The van der Waals surface area contributed by atoms with E-state index in [4.69, 9.17) is 16.7 Å². The van der Waals surface area contributed by atoms with Crippen molar-refractivity contribution >= 4 is 27.6 Å².